The average Bonchev–Trinajstić information content (AvgIpc) is 2.94. The van der Waals surface area contributed by atoms with Crippen molar-refractivity contribution in [1.29, 1.82) is 0 Å². The number of hydrogen-bond donors (Lipinski definition) is 0. The van der Waals surface area contributed by atoms with Crippen molar-refractivity contribution >= 4 is 23.4 Å². The molecule has 1 saturated heterocycles. The monoisotopic (exact) mass is 454 g/mol. The van der Waals surface area contributed by atoms with Gasteiger partial charge in [-0.1, -0.05) is 6.92 Å². The summed E-state index contributed by atoms with van der Waals surface area (Å²) in [6, 6.07) is 2.63. The molecule has 1 atom stereocenters. The maximum Gasteiger partial charge on any atom is 0.398 e. The van der Waals surface area contributed by atoms with E-state index in [4.69, 9.17) is 0 Å². The number of hydrogen-bond acceptors (Lipinski definition) is 3. The van der Waals surface area contributed by atoms with Crippen LogP contribution in [-0.4, -0.2) is 54.8 Å². The molecule has 2 aliphatic rings. The van der Waals surface area contributed by atoms with Gasteiger partial charge in [0.05, 0.1) is 16.9 Å². The summed E-state index contributed by atoms with van der Waals surface area (Å²) in [5, 5.41) is 0. The van der Waals surface area contributed by atoms with E-state index < -0.39 is 35.5 Å². The van der Waals surface area contributed by atoms with Gasteiger partial charge in [0.15, 0.2) is 0 Å². The molecule has 168 valence electrons. The van der Waals surface area contributed by atoms with Crippen LogP contribution in [0.2, 0.25) is 0 Å². The second kappa shape index (κ2) is 8.16. The molecule has 2 fully saturated rings. The zero-order valence-electron chi connectivity index (χ0n) is 16.8. The molecule has 0 radical (unpaired) electrons. The predicted molar refractivity (Wildman–Crippen MR) is 104 cm³/mol. The summed E-state index contributed by atoms with van der Waals surface area (Å²) < 4.78 is 79.3. The van der Waals surface area contributed by atoms with Gasteiger partial charge >= 0.3 is 6.18 Å². The molecular weight excluding hydrogens is 430 g/mol. The number of carbonyl (C=O) groups excluding carboxylic acids is 1. The maximum atomic E-state index is 14.5. The first-order valence-electron chi connectivity index (χ1n) is 9.72. The number of benzene rings is 1. The zero-order chi connectivity index (χ0) is 22.3. The van der Waals surface area contributed by atoms with Crippen molar-refractivity contribution in [1.82, 2.24) is 4.90 Å². The zero-order valence-corrected chi connectivity index (χ0v) is 17.6. The normalized spacial score (nSPS) is 24.4. The summed E-state index contributed by atoms with van der Waals surface area (Å²) in [5.74, 6) is -4.75. The van der Waals surface area contributed by atoms with E-state index in [1.54, 1.807) is 18.7 Å². The van der Waals surface area contributed by atoms with E-state index in [1.165, 1.54) is 17.0 Å². The fraction of sp³-hybridized carbons (Fsp3) is 0.650. The minimum Gasteiger partial charge on any atom is -0.366 e. The number of anilines is 1. The van der Waals surface area contributed by atoms with E-state index >= 15 is 0 Å². The molecule has 10 heteroatoms. The molecule has 1 aromatic carbocycles. The van der Waals surface area contributed by atoms with E-state index in [9.17, 15) is 31.1 Å². The Kier molecular flexibility index (Phi) is 6.28. The summed E-state index contributed by atoms with van der Waals surface area (Å²) >= 11 is 0.608. The first kappa shape index (κ1) is 23.1. The lowest BCUT2D eigenvalue weighted by atomic mass is 9.86. The van der Waals surface area contributed by atoms with Gasteiger partial charge in [-0.25, -0.2) is 13.2 Å². The largest absolute Gasteiger partial charge is 0.398 e. The molecule has 1 aromatic rings. The van der Waals surface area contributed by atoms with Gasteiger partial charge in [0.25, 0.3) is 0 Å². The standard InChI is InChI=1S/C20H24F6N2OS/c1-13-9-14(21)15(10-16(13)30-12-20(24,25)26)27-5-7-28(8-6-27)17(29)18(2)3-4-19(22,23)11-18/h9-10H,3-8,11-12H2,1-2H3. The highest BCUT2D eigenvalue weighted by atomic mass is 32.2. The molecule has 0 spiro atoms. The molecule has 1 amide bonds. The molecule has 1 aliphatic heterocycles. The van der Waals surface area contributed by atoms with E-state index in [2.05, 4.69) is 0 Å². The van der Waals surface area contributed by atoms with Crippen LogP contribution in [0, 0.1) is 18.2 Å². The Morgan fingerprint density at radius 2 is 1.77 bits per heavy atom. The highest BCUT2D eigenvalue weighted by molar-refractivity contribution is 7.99. The van der Waals surface area contributed by atoms with Crippen LogP contribution in [0.15, 0.2) is 17.0 Å². The van der Waals surface area contributed by atoms with Gasteiger partial charge in [0.1, 0.15) is 5.82 Å². The predicted octanol–water partition coefficient (Wildman–Crippen LogP) is 5.26. The number of halogens is 6. The molecule has 0 aromatic heterocycles. The molecule has 1 unspecified atom stereocenters. The fourth-order valence-electron chi connectivity index (χ4n) is 4.12. The Morgan fingerprint density at radius 3 is 2.30 bits per heavy atom. The number of alkyl halides is 5. The second-order valence-corrected chi connectivity index (χ2v) is 9.36. The number of rotatable bonds is 4. The summed E-state index contributed by atoms with van der Waals surface area (Å²) in [4.78, 5) is 16.4. The van der Waals surface area contributed by atoms with Crippen LogP contribution in [0.5, 0.6) is 0 Å². The Hall–Kier alpha value is -1.58. The smallest absolute Gasteiger partial charge is 0.366 e. The third-order valence-electron chi connectivity index (χ3n) is 5.75. The van der Waals surface area contributed by atoms with Gasteiger partial charge in [0, 0.05) is 43.9 Å². The van der Waals surface area contributed by atoms with Crippen LogP contribution in [0.3, 0.4) is 0 Å². The molecule has 1 aliphatic carbocycles. The Balaban J connectivity index is 1.67. The van der Waals surface area contributed by atoms with Crippen molar-refractivity contribution in [3.05, 3.63) is 23.5 Å². The molecule has 0 N–H and O–H groups in total. The molecule has 3 rings (SSSR count). The fourth-order valence-corrected chi connectivity index (χ4v) is 4.92. The van der Waals surface area contributed by atoms with Crippen molar-refractivity contribution in [3.8, 4) is 0 Å². The SMILES string of the molecule is Cc1cc(F)c(N2CCN(C(=O)C3(C)CCC(F)(F)C3)CC2)cc1SCC(F)(F)F. The van der Waals surface area contributed by atoms with Crippen LogP contribution in [-0.2, 0) is 4.79 Å². The number of aryl methyl sites for hydroxylation is 1. The Labute approximate surface area is 175 Å². The number of thioether (sulfide) groups is 1. The van der Waals surface area contributed by atoms with Crippen LogP contribution >= 0.6 is 11.8 Å². The van der Waals surface area contributed by atoms with Crippen LogP contribution < -0.4 is 4.90 Å². The van der Waals surface area contributed by atoms with Crippen LogP contribution in [0.4, 0.5) is 32.0 Å². The number of amides is 1. The molecule has 30 heavy (non-hydrogen) atoms. The lowest BCUT2D eigenvalue weighted by Crippen LogP contribution is -2.52. The van der Waals surface area contributed by atoms with Gasteiger partial charge in [0.2, 0.25) is 11.8 Å². The van der Waals surface area contributed by atoms with Crippen LogP contribution in [0.1, 0.15) is 31.7 Å². The first-order valence-corrected chi connectivity index (χ1v) is 10.7. The highest BCUT2D eigenvalue weighted by Crippen LogP contribution is 2.48. The molecule has 1 saturated carbocycles. The number of carbonyl (C=O) groups is 1. The summed E-state index contributed by atoms with van der Waals surface area (Å²) in [5.41, 5.74) is -0.479. The molecule has 1 heterocycles. The Morgan fingerprint density at radius 1 is 1.13 bits per heavy atom. The van der Waals surface area contributed by atoms with Gasteiger partial charge in [-0.2, -0.15) is 13.2 Å². The topological polar surface area (TPSA) is 23.6 Å². The maximum absolute atomic E-state index is 14.5. The molecule has 0 bridgehead atoms. The van der Waals surface area contributed by atoms with Gasteiger partial charge < -0.3 is 9.80 Å². The van der Waals surface area contributed by atoms with Crippen molar-refractivity contribution in [2.24, 2.45) is 5.41 Å². The van der Waals surface area contributed by atoms with Gasteiger partial charge in [-0.15, -0.1) is 11.8 Å². The van der Waals surface area contributed by atoms with Crippen molar-refractivity contribution in [2.75, 3.05) is 36.8 Å². The third kappa shape index (κ3) is 5.18. The number of nitrogens with zero attached hydrogens (tertiary/aromatic N) is 2. The third-order valence-corrected chi connectivity index (χ3v) is 6.97. The van der Waals surface area contributed by atoms with E-state index in [-0.39, 0.29) is 50.6 Å². The minimum atomic E-state index is -4.33. The summed E-state index contributed by atoms with van der Waals surface area (Å²) in [6.07, 6.45) is -4.97. The van der Waals surface area contributed by atoms with E-state index in [0.717, 1.165) is 0 Å². The molecule has 3 nitrogen and oxygen atoms in total. The van der Waals surface area contributed by atoms with Gasteiger partial charge in [-0.3, -0.25) is 4.79 Å². The van der Waals surface area contributed by atoms with Crippen molar-refractivity contribution < 1.29 is 31.1 Å². The Bertz CT molecular complexity index is 807. The summed E-state index contributed by atoms with van der Waals surface area (Å²) in [7, 11) is 0. The lowest BCUT2D eigenvalue weighted by molar-refractivity contribution is -0.142. The van der Waals surface area contributed by atoms with Crippen molar-refractivity contribution in [2.45, 2.75) is 50.1 Å². The molecular formula is C20H24F6N2OS. The van der Waals surface area contributed by atoms with Gasteiger partial charge in [-0.05, 0) is 31.0 Å². The van der Waals surface area contributed by atoms with E-state index in [0.29, 0.717) is 22.2 Å². The quantitative estimate of drug-likeness (QED) is 0.458. The average molecular weight is 454 g/mol. The minimum absolute atomic E-state index is 0.130. The summed E-state index contributed by atoms with van der Waals surface area (Å²) in [6.45, 7) is 4.17. The first-order chi connectivity index (χ1) is 13.8. The second-order valence-electron chi connectivity index (χ2n) is 8.35. The van der Waals surface area contributed by atoms with Crippen LogP contribution in [0.25, 0.3) is 0 Å². The number of piperazine rings is 1. The van der Waals surface area contributed by atoms with E-state index in [1.807, 2.05) is 0 Å². The lowest BCUT2D eigenvalue weighted by Gasteiger charge is -2.39. The van der Waals surface area contributed by atoms with Crippen molar-refractivity contribution in [3.63, 3.8) is 0 Å². The highest BCUT2D eigenvalue weighted by Gasteiger charge is 2.52.